The molecule has 1 saturated heterocycles. The summed E-state index contributed by atoms with van der Waals surface area (Å²) in [4.78, 5) is 54.7. The average Bonchev–Trinajstić information content (AvgIpc) is 2.91. The molecule has 0 unspecified atom stereocenters. The second kappa shape index (κ2) is 16.5. The van der Waals surface area contributed by atoms with Gasteiger partial charge in [-0.3, -0.25) is 19.5 Å². The van der Waals surface area contributed by atoms with Crippen LogP contribution < -0.4 is 0 Å². The van der Waals surface area contributed by atoms with Crippen LogP contribution in [0.4, 0.5) is 4.79 Å². The fourth-order valence-electron chi connectivity index (χ4n) is 4.27. The van der Waals surface area contributed by atoms with Crippen molar-refractivity contribution in [1.29, 1.82) is 0 Å². The van der Waals surface area contributed by atoms with E-state index in [4.69, 9.17) is 53.8 Å². The molecule has 0 radical (unpaired) electrons. The summed E-state index contributed by atoms with van der Waals surface area (Å²) in [6.45, 7) is 8.48. The van der Waals surface area contributed by atoms with Crippen LogP contribution in [-0.4, -0.2) is 106 Å². The van der Waals surface area contributed by atoms with Crippen LogP contribution in [0.15, 0.2) is 30.3 Å². The van der Waals surface area contributed by atoms with Crippen molar-refractivity contribution in [3.05, 3.63) is 35.9 Å². The molecule has 1 aliphatic heterocycles. The van der Waals surface area contributed by atoms with E-state index in [0.717, 1.165) is 10.5 Å². The second-order valence-electron chi connectivity index (χ2n) is 10.6. The molecule has 0 N–H and O–H groups in total. The molecule has 0 aromatic heterocycles. The van der Waals surface area contributed by atoms with E-state index in [2.05, 4.69) is 0 Å². The van der Waals surface area contributed by atoms with Crippen LogP contribution >= 0.6 is 34.8 Å². The molecule has 14 heteroatoms. The highest BCUT2D eigenvalue weighted by Gasteiger charge is 2.42. The fourth-order valence-corrected chi connectivity index (χ4v) is 4.44. The fraction of sp³-hybridized carbons (Fsp3) is 0.643. The Bertz CT molecular complexity index is 1040. The van der Waals surface area contributed by atoms with Crippen LogP contribution in [0.2, 0.25) is 0 Å². The summed E-state index contributed by atoms with van der Waals surface area (Å²) in [5.41, 5.74) is 0.113. The molecule has 0 aliphatic carbocycles. The third-order valence-electron chi connectivity index (χ3n) is 6.07. The van der Waals surface area contributed by atoms with E-state index in [1.165, 1.54) is 11.9 Å². The first kappa shape index (κ1) is 35.9. The number of esters is 2. The van der Waals surface area contributed by atoms with E-state index < -0.39 is 58.6 Å². The maximum absolute atomic E-state index is 14.1. The number of ether oxygens (including phenoxy) is 4. The summed E-state index contributed by atoms with van der Waals surface area (Å²) in [6, 6.07) is 6.78. The molecule has 2 amide bonds. The van der Waals surface area contributed by atoms with Crippen LogP contribution in [0.3, 0.4) is 0 Å². The lowest BCUT2D eigenvalue weighted by atomic mass is 10.0. The number of nitrogens with zero attached hydrogens (tertiary/aromatic N) is 3. The smallest absolute Gasteiger partial charge is 0.411 e. The van der Waals surface area contributed by atoms with Crippen LogP contribution in [0.1, 0.15) is 46.6 Å². The molecule has 11 nitrogen and oxygen atoms in total. The molecule has 2 atom stereocenters. The average molecular weight is 653 g/mol. The van der Waals surface area contributed by atoms with Crippen molar-refractivity contribution < 1.29 is 38.1 Å². The van der Waals surface area contributed by atoms with Gasteiger partial charge in [-0.1, -0.05) is 65.1 Å². The zero-order valence-corrected chi connectivity index (χ0v) is 26.9. The Morgan fingerprint density at radius 1 is 1.02 bits per heavy atom. The minimum atomic E-state index is -1.94. The summed E-state index contributed by atoms with van der Waals surface area (Å²) in [5.74, 6) is -2.03. The van der Waals surface area contributed by atoms with Crippen LogP contribution in [0.5, 0.6) is 0 Å². The SMILES string of the molecule is CCOC(=O)[C@H](CCc1ccccc1)N(C(=O)OCC(Cl)(Cl)Cl)[C@@H](C)C(=O)N(CC(=O)OC(C)(C)C)N1CCOCC1. The Labute approximate surface area is 262 Å². The van der Waals surface area contributed by atoms with E-state index in [9.17, 15) is 19.2 Å². The second-order valence-corrected chi connectivity index (χ2v) is 13.1. The van der Waals surface area contributed by atoms with Gasteiger partial charge in [0.1, 0.15) is 30.8 Å². The van der Waals surface area contributed by atoms with Gasteiger partial charge >= 0.3 is 18.0 Å². The van der Waals surface area contributed by atoms with Gasteiger partial charge in [-0.05, 0) is 53.0 Å². The van der Waals surface area contributed by atoms with E-state index in [1.807, 2.05) is 30.3 Å². The number of hydrogen-bond acceptors (Lipinski definition) is 9. The summed E-state index contributed by atoms with van der Waals surface area (Å²) in [5, 5.41) is 2.87. The Morgan fingerprint density at radius 2 is 1.64 bits per heavy atom. The molecule has 2 rings (SSSR count). The third-order valence-corrected chi connectivity index (χ3v) is 6.40. The summed E-state index contributed by atoms with van der Waals surface area (Å²) < 4.78 is 19.5. The van der Waals surface area contributed by atoms with Crippen LogP contribution in [-0.2, 0) is 39.8 Å². The molecule has 0 spiro atoms. The van der Waals surface area contributed by atoms with Gasteiger partial charge < -0.3 is 18.9 Å². The monoisotopic (exact) mass is 651 g/mol. The van der Waals surface area contributed by atoms with Gasteiger partial charge in [-0.15, -0.1) is 0 Å². The Hall–Kier alpha value is -2.31. The highest BCUT2D eigenvalue weighted by molar-refractivity contribution is 6.67. The number of alkyl halides is 3. The first-order valence-corrected chi connectivity index (χ1v) is 14.8. The molecule has 0 saturated carbocycles. The van der Waals surface area contributed by atoms with E-state index >= 15 is 0 Å². The van der Waals surface area contributed by atoms with Crippen molar-refractivity contribution in [3.8, 4) is 0 Å². The van der Waals surface area contributed by atoms with Gasteiger partial charge in [0, 0.05) is 13.1 Å². The minimum Gasteiger partial charge on any atom is -0.464 e. The van der Waals surface area contributed by atoms with Gasteiger partial charge in [0.25, 0.3) is 5.91 Å². The molecule has 0 bridgehead atoms. The summed E-state index contributed by atoms with van der Waals surface area (Å²) >= 11 is 17.5. The number of halogens is 3. The molecule has 1 aromatic rings. The van der Waals surface area contributed by atoms with Crippen molar-refractivity contribution in [2.45, 2.75) is 68.9 Å². The van der Waals surface area contributed by atoms with Crippen LogP contribution in [0, 0.1) is 0 Å². The van der Waals surface area contributed by atoms with Crippen LogP contribution in [0.25, 0.3) is 0 Å². The maximum atomic E-state index is 14.1. The summed E-state index contributed by atoms with van der Waals surface area (Å²) in [7, 11) is 0. The molecule has 42 heavy (non-hydrogen) atoms. The number of rotatable bonds is 12. The number of amides is 2. The zero-order valence-electron chi connectivity index (χ0n) is 24.6. The Morgan fingerprint density at radius 3 is 2.19 bits per heavy atom. The maximum Gasteiger partial charge on any atom is 0.411 e. The number of carbonyl (C=O) groups is 4. The topological polar surface area (TPSA) is 115 Å². The highest BCUT2D eigenvalue weighted by atomic mass is 35.6. The van der Waals surface area contributed by atoms with Gasteiger partial charge in [0.05, 0.1) is 19.8 Å². The van der Waals surface area contributed by atoms with Crippen molar-refractivity contribution in [2.24, 2.45) is 0 Å². The van der Waals surface area contributed by atoms with Gasteiger partial charge in [0.15, 0.2) is 0 Å². The molecule has 1 aromatic carbocycles. The van der Waals surface area contributed by atoms with E-state index in [1.54, 1.807) is 32.7 Å². The number of hydrazine groups is 1. The lowest BCUT2D eigenvalue weighted by molar-refractivity contribution is -0.177. The van der Waals surface area contributed by atoms with Gasteiger partial charge in [-0.25, -0.2) is 14.6 Å². The predicted octanol–water partition coefficient (Wildman–Crippen LogP) is 4.17. The van der Waals surface area contributed by atoms with Crippen molar-refractivity contribution in [2.75, 3.05) is 46.1 Å². The lowest BCUT2D eigenvalue weighted by Gasteiger charge is -2.41. The quantitative estimate of drug-likeness (QED) is 0.187. The normalized spacial score (nSPS) is 15.7. The van der Waals surface area contributed by atoms with Gasteiger partial charge in [0.2, 0.25) is 3.79 Å². The Kier molecular flexibility index (Phi) is 14.1. The molecule has 1 heterocycles. The largest absolute Gasteiger partial charge is 0.464 e. The van der Waals surface area contributed by atoms with Gasteiger partial charge in [-0.2, -0.15) is 0 Å². The van der Waals surface area contributed by atoms with E-state index in [0.29, 0.717) is 32.7 Å². The molecule has 1 aliphatic rings. The standard InChI is InChI=1S/C28H40Cl3N3O8/c1-6-40-25(37)22(13-12-21-10-8-7-9-11-21)34(26(38)41-19-28(29,30)31)20(2)24(36)33(32-14-16-39-17-15-32)18-23(35)42-27(3,4)5/h7-11,20,22H,6,12-19H2,1-5H3/t20-,22-/m0/s1. The lowest BCUT2D eigenvalue weighted by Crippen LogP contribution is -2.61. The summed E-state index contributed by atoms with van der Waals surface area (Å²) in [6.07, 6.45) is -0.579. The number of hydrogen-bond donors (Lipinski definition) is 0. The number of morpholine rings is 1. The van der Waals surface area contributed by atoms with Crippen molar-refractivity contribution >= 4 is 58.7 Å². The van der Waals surface area contributed by atoms with E-state index in [-0.39, 0.29) is 13.0 Å². The predicted molar refractivity (Wildman–Crippen MR) is 158 cm³/mol. The Balaban J connectivity index is 2.47. The highest BCUT2D eigenvalue weighted by Crippen LogP contribution is 2.27. The third kappa shape index (κ3) is 12.1. The van der Waals surface area contributed by atoms with Crippen molar-refractivity contribution in [1.82, 2.24) is 14.9 Å². The number of benzene rings is 1. The molecular formula is C28H40Cl3N3O8. The molecule has 1 fully saturated rings. The molecule has 236 valence electrons. The zero-order chi connectivity index (χ0) is 31.5. The molecular weight excluding hydrogens is 613 g/mol. The number of carbonyl (C=O) groups excluding carboxylic acids is 4. The van der Waals surface area contributed by atoms with Crippen molar-refractivity contribution in [3.63, 3.8) is 0 Å². The first-order valence-electron chi connectivity index (χ1n) is 13.7. The first-order chi connectivity index (χ1) is 19.6. The number of aryl methyl sites for hydroxylation is 1. The minimum absolute atomic E-state index is 0.0403.